The maximum Gasteiger partial charge on any atom is 0.255 e. The quantitative estimate of drug-likeness (QED) is 0.722. The van der Waals surface area contributed by atoms with Gasteiger partial charge in [-0.15, -0.1) is 0 Å². The highest BCUT2D eigenvalue weighted by molar-refractivity contribution is 5.97. The SMILES string of the molecule is Cc1cncc([C@H]2CCCN(C(=O)c3cnc4ccccc4c3)C2)n1. The Balaban J connectivity index is 1.56. The average molecular weight is 332 g/mol. The van der Waals surface area contributed by atoms with Crippen LogP contribution in [0.2, 0.25) is 0 Å². The number of rotatable bonds is 2. The Bertz CT molecular complexity index is 924. The second-order valence-corrected chi connectivity index (χ2v) is 6.59. The lowest BCUT2D eigenvalue weighted by Crippen LogP contribution is -2.39. The van der Waals surface area contributed by atoms with E-state index in [0.717, 1.165) is 41.7 Å². The minimum atomic E-state index is 0.0450. The molecule has 2 aromatic heterocycles. The Kier molecular flexibility index (Phi) is 4.14. The maximum atomic E-state index is 12.9. The number of nitrogens with zero attached hydrogens (tertiary/aromatic N) is 4. The Morgan fingerprint density at radius 3 is 2.96 bits per heavy atom. The Hall–Kier alpha value is -2.82. The number of para-hydroxylation sites is 1. The van der Waals surface area contributed by atoms with Crippen LogP contribution in [-0.2, 0) is 0 Å². The van der Waals surface area contributed by atoms with E-state index in [1.54, 1.807) is 12.4 Å². The van der Waals surface area contributed by atoms with E-state index >= 15 is 0 Å². The molecule has 25 heavy (non-hydrogen) atoms. The van der Waals surface area contributed by atoms with E-state index in [1.807, 2.05) is 48.4 Å². The van der Waals surface area contributed by atoms with Gasteiger partial charge < -0.3 is 4.90 Å². The van der Waals surface area contributed by atoms with Crippen molar-refractivity contribution in [2.75, 3.05) is 13.1 Å². The zero-order valence-electron chi connectivity index (χ0n) is 14.2. The largest absolute Gasteiger partial charge is 0.338 e. The summed E-state index contributed by atoms with van der Waals surface area (Å²) < 4.78 is 0. The summed E-state index contributed by atoms with van der Waals surface area (Å²) in [5.41, 5.74) is 3.45. The molecular weight excluding hydrogens is 312 g/mol. The van der Waals surface area contributed by atoms with E-state index in [9.17, 15) is 4.79 Å². The number of amides is 1. The number of carbonyl (C=O) groups excluding carboxylic acids is 1. The molecular formula is C20H20N4O. The number of hydrogen-bond acceptors (Lipinski definition) is 4. The van der Waals surface area contributed by atoms with Gasteiger partial charge in [0.15, 0.2) is 0 Å². The third kappa shape index (κ3) is 3.22. The highest BCUT2D eigenvalue weighted by Gasteiger charge is 2.26. The van der Waals surface area contributed by atoms with Crippen LogP contribution in [0, 0.1) is 6.92 Å². The number of aryl methyl sites for hydroxylation is 1. The molecule has 1 fully saturated rings. The number of benzene rings is 1. The Morgan fingerprint density at radius 2 is 2.08 bits per heavy atom. The van der Waals surface area contributed by atoms with Crippen LogP contribution in [0.15, 0.2) is 48.9 Å². The monoisotopic (exact) mass is 332 g/mol. The second-order valence-electron chi connectivity index (χ2n) is 6.59. The summed E-state index contributed by atoms with van der Waals surface area (Å²) >= 11 is 0. The van der Waals surface area contributed by atoms with Crippen LogP contribution >= 0.6 is 0 Å². The lowest BCUT2D eigenvalue weighted by Gasteiger charge is -2.32. The number of piperidine rings is 1. The van der Waals surface area contributed by atoms with Gasteiger partial charge in [0.05, 0.1) is 22.5 Å². The normalized spacial score (nSPS) is 17.6. The standard InChI is InChI=1S/C20H20N4O/c1-14-10-21-12-19(23-14)16-6-4-8-24(13-16)20(25)17-9-15-5-2-3-7-18(15)22-11-17/h2-3,5,7,9-12,16H,4,6,8,13H2,1H3/t16-/m0/s1. The molecule has 0 saturated carbocycles. The highest BCUT2D eigenvalue weighted by atomic mass is 16.2. The van der Waals surface area contributed by atoms with Gasteiger partial charge in [0, 0.05) is 43.0 Å². The molecule has 126 valence electrons. The zero-order chi connectivity index (χ0) is 17.2. The van der Waals surface area contributed by atoms with Gasteiger partial charge in [0.1, 0.15) is 0 Å². The molecule has 3 aromatic rings. The molecule has 1 saturated heterocycles. The number of aromatic nitrogens is 3. The molecule has 1 amide bonds. The van der Waals surface area contributed by atoms with E-state index in [2.05, 4.69) is 15.0 Å². The first-order chi connectivity index (χ1) is 12.2. The van der Waals surface area contributed by atoms with Crippen molar-refractivity contribution >= 4 is 16.8 Å². The van der Waals surface area contributed by atoms with Gasteiger partial charge in [-0.1, -0.05) is 18.2 Å². The third-order valence-electron chi connectivity index (χ3n) is 4.74. The van der Waals surface area contributed by atoms with Crippen molar-refractivity contribution < 1.29 is 4.79 Å². The third-order valence-corrected chi connectivity index (χ3v) is 4.74. The first-order valence-electron chi connectivity index (χ1n) is 8.63. The smallest absolute Gasteiger partial charge is 0.255 e. The molecule has 4 rings (SSSR count). The molecule has 0 radical (unpaired) electrons. The molecule has 1 aliphatic rings. The van der Waals surface area contributed by atoms with Gasteiger partial charge in [0.2, 0.25) is 0 Å². The fourth-order valence-electron chi connectivity index (χ4n) is 3.45. The molecule has 1 aromatic carbocycles. The molecule has 0 unspecified atom stereocenters. The molecule has 1 aliphatic heterocycles. The van der Waals surface area contributed by atoms with Crippen molar-refractivity contribution in [3.8, 4) is 0 Å². The van der Waals surface area contributed by atoms with Crippen molar-refractivity contribution in [3.63, 3.8) is 0 Å². The van der Waals surface area contributed by atoms with Crippen LogP contribution < -0.4 is 0 Å². The van der Waals surface area contributed by atoms with Crippen LogP contribution in [0.5, 0.6) is 0 Å². The summed E-state index contributed by atoms with van der Waals surface area (Å²) in [6.07, 6.45) is 7.28. The predicted octanol–water partition coefficient (Wildman–Crippen LogP) is 3.35. The van der Waals surface area contributed by atoms with Crippen LogP contribution in [0.4, 0.5) is 0 Å². The number of likely N-dealkylation sites (tertiary alicyclic amines) is 1. The van der Waals surface area contributed by atoms with E-state index < -0.39 is 0 Å². The van der Waals surface area contributed by atoms with Crippen LogP contribution in [0.1, 0.15) is 40.5 Å². The van der Waals surface area contributed by atoms with Crippen LogP contribution in [0.25, 0.3) is 10.9 Å². The average Bonchev–Trinajstić information content (AvgIpc) is 2.67. The maximum absolute atomic E-state index is 12.9. The summed E-state index contributed by atoms with van der Waals surface area (Å²) in [7, 11) is 0. The van der Waals surface area contributed by atoms with Crippen LogP contribution in [0.3, 0.4) is 0 Å². The summed E-state index contributed by atoms with van der Waals surface area (Å²) in [6, 6.07) is 9.79. The number of pyridine rings is 1. The molecule has 5 nitrogen and oxygen atoms in total. The molecule has 5 heteroatoms. The molecule has 0 N–H and O–H groups in total. The summed E-state index contributed by atoms with van der Waals surface area (Å²) in [5, 5.41) is 0.992. The van der Waals surface area contributed by atoms with Crippen molar-refractivity contribution in [1.29, 1.82) is 0 Å². The van der Waals surface area contributed by atoms with Gasteiger partial charge in [0.25, 0.3) is 5.91 Å². The summed E-state index contributed by atoms with van der Waals surface area (Å²) in [6.45, 7) is 3.41. The van der Waals surface area contributed by atoms with Crippen LogP contribution in [-0.4, -0.2) is 38.8 Å². The van der Waals surface area contributed by atoms with Crippen molar-refractivity contribution in [3.05, 3.63) is 65.9 Å². The van der Waals surface area contributed by atoms with Gasteiger partial charge in [-0.05, 0) is 31.9 Å². The minimum absolute atomic E-state index is 0.0450. The lowest BCUT2D eigenvalue weighted by molar-refractivity contribution is 0.0705. The number of carbonyl (C=O) groups is 1. The van der Waals surface area contributed by atoms with Crippen molar-refractivity contribution in [2.45, 2.75) is 25.7 Å². The summed E-state index contributed by atoms with van der Waals surface area (Å²) in [5.74, 6) is 0.294. The van der Waals surface area contributed by atoms with E-state index in [-0.39, 0.29) is 11.8 Å². The first-order valence-corrected chi connectivity index (χ1v) is 8.63. The van der Waals surface area contributed by atoms with Gasteiger partial charge >= 0.3 is 0 Å². The van der Waals surface area contributed by atoms with Crippen molar-refractivity contribution in [2.24, 2.45) is 0 Å². The van der Waals surface area contributed by atoms with Gasteiger partial charge in [-0.25, -0.2) is 0 Å². The lowest BCUT2D eigenvalue weighted by atomic mass is 9.94. The summed E-state index contributed by atoms with van der Waals surface area (Å²) in [4.78, 5) is 28.1. The molecule has 3 heterocycles. The van der Waals surface area contributed by atoms with Crippen molar-refractivity contribution in [1.82, 2.24) is 19.9 Å². The fraction of sp³-hybridized carbons (Fsp3) is 0.300. The topological polar surface area (TPSA) is 59.0 Å². The molecule has 1 atom stereocenters. The second kappa shape index (κ2) is 6.59. The molecule has 0 aliphatic carbocycles. The molecule has 0 spiro atoms. The van der Waals surface area contributed by atoms with E-state index in [0.29, 0.717) is 12.1 Å². The van der Waals surface area contributed by atoms with E-state index in [4.69, 9.17) is 0 Å². The van der Waals surface area contributed by atoms with Gasteiger partial charge in [-0.2, -0.15) is 0 Å². The minimum Gasteiger partial charge on any atom is -0.338 e. The zero-order valence-corrected chi connectivity index (χ0v) is 14.2. The Labute approximate surface area is 146 Å². The van der Waals surface area contributed by atoms with Gasteiger partial charge in [-0.3, -0.25) is 19.7 Å². The highest BCUT2D eigenvalue weighted by Crippen LogP contribution is 2.26. The fourth-order valence-corrected chi connectivity index (χ4v) is 3.45. The molecule has 0 bridgehead atoms. The van der Waals surface area contributed by atoms with E-state index in [1.165, 1.54) is 0 Å². The first kappa shape index (κ1) is 15.7. The predicted molar refractivity (Wildman–Crippen MR) is 96.4 cm³/mol. The Morgan fingerprint density at radius 1 is 1.20 bits per heavy atom. The number of hydrogen-bond donors (Lipinski definition) is 0. The number of fused-ring (bicyclic) bond motifs is 1.